The van der Waals surface area contributed by atoms with Gasteiger partial charge in [-0.15, -0.1) is 0 Å². The van der Waals surface area contributed by atoms with Gasteiger partial charge in [-0.05, 0) is 12.1 Å². The standard InChI is InChI=1S/C17H20N4O4/c1-4-11-5-6-14(25-11)13-10-24-8-7-21(13)15-12(9-18)16(22)20(3)17(23)19(15)2/h5-6,13H,4,7-8,10H2,1-3H3. The Morgan fingerprint density at radius 3 is 2.68 bits per heavy atom. The van der Waals surface area contributed by atoms with E-state index in [1.54, 1.807) is 7.05 Å². The first-order valence-electron chi connectivity index (χ1n) is 8.12. The summed E-state index contributed by atoms with van der Waals surface area (Å²) in [5.74, 6) is 1.84. The van der Waals surface area contributed by atoms with Gasteiger partial charge in [-0.3, -0.25) is 13.9 Å². The van der Waals surface area contributed by atoms with Crippen molar-refractivity contribution in [3.63, 3.8) is 0 Å². The maximum absolute atomic E-state index is 12.4. The van der Waals surface area contributed by atoms with Gasteiger partial charge in [0.05, 0.1) is 13.2 Å². The molecule has 0 saturated carbocycles. The molecule has 1 atom stereocenters. The predicted molar refractivity (Wildman–Crippen MR) is 90.6 cm³/mol. The van der Waals surface area contributed by atoms with Crippen LogP contribution in [0.5, 0.6) is 0 Å². The molecule has 1 aliphatic rings. The summed E-state index contributed by atoms with van der Waals surface area (Å²) in [4.78, 5) is 26.6. The minimum absolute atomic E-state index is 0.0567. The lowest BCUT2D eigenvalue weighted by Gasteiger charge is -2.37. The molecular formula is C17H20N4O4. The van der Waals surface area contributed by atoms with E-state index >= 15 is 0 Å². The highest BCUT2D eigenvalue weighted by Gasteiger charge is 2.32. The number of aryl methyl sites for hydroxylation is 1. The number of hydrogen-bond acceptors (Lipinski definition) is 6. The number of aromatic nitrogens is 2. The number of nitriles is 1. The Kier molecular flexibility index (Phi) is 4.51. The van der Waals surface area contributed by atoms with Gasteiger partial charge in [0.15, 0.2) is 5.56 Å². The zero-order valence-corrected chi connectivity index (χ0v) is 14.5. The molecule has 0 bridgehead atoms. The van der Waals surface area contributed by atoms with Crippen LogP contribution in [0.25, 0.3) is 0 Å². The van der Waals surface area contributed by atoms with Crippen LogP contribution in [0, 0.1) is 11.3 Å². The van der Waals surface area contributed by atoms with Gasteiger partial charge in [0, 0.05) is 27.1 Å². The first kappa shape index (κ1) is 17.0. The molecule has 0 spiro atoms. The van der Waals surface area contributed by atoms with E-state index in [0.29, 0.717) is 31.3 Å². The zero-order valence-electron chi connectivity index (χ0n) is 14.5. The Morgan fingerprint density at radius 1 is 1.28 bits per heavy atom. The molecule has 1 fully saturated rings. The molecule has 0 radical (unpaired) electrons. The van der Waals surface area contributed by atoms with E-state index in [4.69, 9.17) is 9.15 Å². The van der Waals surface area contributed by atoms with Gasteiger partial charge in [0.2, 0.25) is 0 Å². The van der Waals surface area contributed by atoms with Crippen molar-refractivity contribution in [2.24, 2.45) is 14.1 Å². The molecular weight excluding hydrogens is 324 g/mol. The van der Waals surface area contributed by atoms with Crippen LogP contribution in [0.15, 0.2) is 26.1 Å². The lowest BCUT2D eigenvalue weighted by Crippen LogP contribution is -2.47. The van der Waals surface area contributed by atoms with Gasteiger partial charge in [-0.2, -0.15) is 5.26 Å². The molecule has 2 aromatic heterocycles. The summed E-state index contributed by atoms with van der Waals surface area (Å²) < 4.78 is 13.7. The summed E-state index contributed by atoms with van der Waals surface area (Å²) in [6, 6.07) is 5.42. The summed E-state index contributed by atoms with van der Waals surface area (Å²) in [7, 11) is 2.93. The maximum atomic E-state index is 12.4. The van der Waals surface area contributed by atoms with Gasteiger partial charge in [0.25, 0.3) is 5.56 Å². The van der Waals surface area contributed by atoms with E-state index in [0.717, 1.165) is 16.7 Å². The van der Waals surface area contributed by atoms with Crippen LogP contribution in [-0.2, 0) is 25.3 Å². The highest BCUT2D eigenvalue weighted by atomic mass is 16.5. The van der Waals surface area contributed by atoms with Crippen molar-refractivity contribution in [2.75, 3.05) is 24.7 Å². The van der Waals surface area contributed by atoms with Crippen LogP contribution in [0.4, 0.5) is 5.82 Å². The fourth-order valence-electron chi connectivity index (χ4n) is 3.12. The summed E-state index contributed by atoms with van der Waals surface area (Å²) in [5.41, 5.74) is -1.13. The van der Waals surface area contributed by atoms with E-state index in [2.05, 4.69) is 0 Å². The van der Waals surface area contributed by atoms with Gasteiger partial charge < -0.3 is 14.1 Å². The Labute approximate surface area is 144 Å². The number of furan rings is 1. The predicted octanol–water partition coefficient (Wildman–Crippen LogP) is 0.689. The van der Waals surface area contributed by atoms with Gasteiger partial charge in [0.1, 0.15) is 29.4 Å². The molecule has 0 aromatic carbocycles. The van der Waals surface area contributed by atoms with Crippen molar-refractivity contribution in [1.82, 2.24) is 9.13 Å². The third kappa shape index (κ3) is 2.76. The monoisotopic (exact) mass is 344 g/mol. The molecule has 0 N–H and O–H groups in total. The minimum Gasteiger partial charge on any atom is -0.464 e. The number of rotatable bonds is 3. The fourth-order valence-corrected chi connectivity index (χ4v) is 3.12. The van der Waals surface area contributed by atoms with Crippen LogP contribution in [0.2, 0.25) is 0 Å². The first-order valence-corrected chi connectivity index (χ1v) is 8.12. The molecule has 8 heteroatoms. The summed E-state index contributed by atoms with van der Waals surface area (Å²) >= 11 is 0. The van der Waals surface area contributed by atoms with Crippen LogP contribution in [0.1, 0.15) is 30.0 Å². The normalized spacial score (nSPS) is 17.5. The molecule has 0 amide bonds. The Bertz CT molecular complexity index is 947. The lowest BCUT2D eigenvalue weighted by molar-refractivity contribution is 0.0864. The molecule has 8 nitrogen and oxygen atoms in total. The molecule has 132 valence electrons. The van der Waals surface area contributed by atoms with Crippen molar-refractivity contribution in [2.45, 2.75) is 19.4 Å². The number of ether oxygens (including phenoxy) is 1. The SMILES string of the molecule is CCc1ccc(C2COCCN2c2c(C#N)c(=O)n(C)c(=O)n2C)o1. The molecule has 25 heavy (non-hydrogen) atoms. The van der Waals surface area contributed by atoms with Gasteiger partial charge in [-0.1, -0.05) is 6.92 Å². The molecule has 0 aliphatic carbocycles. The smallest absolute Gasteiger partial charge is 0.332 e. The van der Waals surface area contributed by atoms with Crippen molar-refractivity contribution in [3.05, 3.63) is 50.1 Å². The van der Waals surface area contributed by atoms with E-state index in [1.165, 1.54) is 11.6 Å². The number of hydrogen-bond donors (Lipinski definition) is 0. The van der Waals surface area contributed by atoms with Crippen molar-refractivity contribution in [1.29, 1.82) is 5.26 Å². The molecule has 3 rings (SSSR count). The van der Waals surface area contributed by atoms with Gasteiger partial charge in [-0.25, -0.2) is 4.79 Å². The maximum Gasteiger partial charge on any atom is 0.332 e. The van der Waals surface area contributed by atoms with Crippen LogP contribution in [0.3, 0.4) is 0 Å². The topological polar surface area (TPSA) is 93.4 Å². The average Bonchev–Trinajstić information content (AvgIpc) is 3.12. The van der Waals surface area contributed by atoms with E-state index in [1.807, 2.05) is 30.0 Å². The Balaban J connectivity index is 2.18. The summed E-state index contributed by atoms with van der Waals surface area (Å²) in [6.45, 7) is 3.23. The van der Waals surface area contributed by atoms with E-state index < -0.39 is 11.2 Å². The van der Waals surface area contributed by atoms with Crippen molar-refractivity contribution >= 4 is 5.82 Å². The molecule has 2 aromatic rings. The molecule has 1 saturated heterocycles. The van der Waals surface area contributed by atoms with Crippen molar-refractivity contribution < 1.29 is 9.15 Å². The van der Waals surface area contributed by atoms with Crippen LogP contribution >= 0.6 is 0 Å². The summed E-state index contributed by atoms with van der Waals surface area (Å²) in [5, 5.41) is 9.51. The average molecular weight is 344 g/mol. The molecule has 3 heterocycles. The zero-order chi connectivity index (χ0) is 18.1. The third-order valence-electron chi connectivity index (χ3n) is 4.51. The Morgan fingerprint density at radius 2 is 2.04 bits per heavy atom. The fraction of sp³-hybridized carbons (Fsp3) is 0.471. The van der Waals surface area contributed by atoms with E-state index in [-0.39, 0.29) is 11.6 Å². The number of morpholine rings is 1. The number of nitrogens with zero attached hydrogens (tertiary/aromatic N) is 4. The third-order valence-corrected chi connectivity index (χ3v) is 4.51. The van der Waals surface area contributed by atoms with Crippen molar-refractivity contribution in [3.8, 4) is 6.07 Å². The second-order valence-corrected chi connectivity index (χ2v) is 5.96. The number of anilines is 1. The molecule has 1 unspecified atom stereocenters. The van der Waals surface area contributed by atoms with E-state index in [9.17, 15) is 14.9 Å². The van der Waals surface area contributed by atoms with Crippen LogP contribution in [-0.4, -0.2) is 28.9 Å². The largest absolute Gasteiger partial charge is 0.464 e. The lowest BCUT2D eigenvalue weighted by atomic mass is 10.1. The second kappa shape index (κ2) is 6.61. The molecule has 1 aliphatic heterocycles. The Hall–Kier alpha value is -2.79. The highest BCUT2D eigenvalue weighted by molar-refractivity contribution is 5.55. The van der Waals surface area contributed by atoms with Crippen LogP contribution < -0.4 is 16.1 Å². The minimum atomic E-state index is -0.598. The summed E-state index contributed by atoms with van der Waals surface area (Å²) in [6.07, 6.45) is 0.765. The quantitative estimate of drug-likeness (QED) is 0.813. The van der Waals surface area contributed by atoms with Gasteiger partial charge >= 0.3 is 5.69 Å². The first-order chi connectivity index (χ1) is 12.0. The highest BCUT2D eigenvalue weighted by Crippen LogP contribution is 2.31. The second-order valence-electron chi connectivity index (χ2n) is 5.96.